The first-order valence-corrected chi connectivity index (χ1v) is 5.75. The van der Waals surface area contributed by atoms with Gasteiger partial charge in [-0.1, -0.05) is 26.0 Å². The van der Waals surface area contributed by atoms with Gasteiger partial charge in [0.15, 0.2) is 0 Å². The number of hydrogen-bond donors (Lipinski definition) is 0. The number of hydrogen-bond acceptors (Lipinski definition) is 2. The van der Waals surface area contributed by atoms with Crippen molar-refractivity contribution in [2.75, 3.05) is 13.7 Å². The lowest BCUT2D eigenvalue weighted by molar-refractivity contribution is 0.189. The first-order valence-electron chi connectivity index (χ1n) is 5.75. The van der Waals surface area contributed by atoms with E-state index < -0.39 is 0 Å². The molecule has 0 aromatic heterocycles. The third kappa shape index (κ3) is 2.84. The van der Waals surface area contributed by atoms with Crippen LogP contribution in [0.2, 0.25) is 0 Å². The average Bonchev–Trinajstić information content (AvgIpc) is 2.34. The van der Waals surface area contributed by atoms with Crippen molar-refractivity contribution in [2.45, 2.75) is 32.6 Å². The number of methoxy groups -OCH3 is 1. The molecule has 2 nitrogen and oxygen atoms in total. The Bertz CT molecular complexity index is 379. The second-order valence-corrected chi connectivity index (χ2v) is 4.02. The largest absolute Gasteiger partial charge is 0.385 e. The molecule has 1 aromatic carbocycles. The zero-order chi connectivity index (χ0) is 12.0. The van der Waals surface area contributed by atoms with Gasteiger partial charge in [-0.05, 0) is 36.0 Å². The topological polar surface area (TPSA) is 33.0 Å². The van der Waals surface area contributed by atoms with E-state index in [0.717, 1.165) is 25.0 Å². The van der Waals surface area contributed by atoms with Gasteiger partial charge in [-0.3, -0.25) is 0 Å². The molecule has 1 aromatic rings. The van der Waals surface area contributed by atoms with E-state index in [1.165, 1.54) is 11.1 Å². The van der Waals surface area contributed by atoms with Crippen molar-refractivity contribution in [2.24, 2.45) is 0 Å². The average molecular weight is 217 g/mol. The van der Waals surface area contributed by atoms with Gasteiger partial charge >= 0.3 is 0 Å². The summed E-state index contributed by atoms with van der Waals surface area (Å²) in [5, 5.41) is 9.06. The maximum absolute atomic E-state index is 9.06. The van der Waals surface area contributed by atoms with Gasteiger partial charge in [0, 0.05) is 13.7 Å². The Morgan fingerprint density at radius 2 is 2.19 bits per heavy atom. The highest BCUT2D eigenvalue weighted by molar-refractivity contribution is 5.44. The molecule has 0 saturated heterocycles. The van der Waals surface area contributed by atoms with E-state index in [0.29, 0.717) is 5.92 Å². The molecule has 1 rings (SSSR count). The van der Waals surface area contributed by atoms with Crippen LogP contribution in [-0.2, 0) is 11.2 Å². The van der Waals surface area contributed by atoms with Crippen LogP contribution < -0.4 is 0 Å². The van der Waals surface area contributed by atoms with Crippen LogP contribution in [0.3, 0.4) is 0 Å². The lowest BCUT2D eigenvalue weighted by atomic mass is 9.89. The molecule has 0 aliphatic rings. The van der Waals surface area contributed by atoms with Crippen LogP contribution in [0.1, 0.15) is 42.9 Å². The molecule has 86 valence electrons. The Hall–Kier alpha value is -1.33. The zero-order valence-corrected chi connectivity index (χ0v) is 10.3. The highest BCUT2D eigenvalue weighted by Gasteiger charge is 2.12. The Morgan fingerprint density at radius 3 is 2.75 bits per heavy atom. The van der Waals surface area contributed by atoms with Crippen LogP contribution in [0.5, 0.6) is 0 Å². The van der Waals surface area contributed by atoms with Crippen LogP contribution >= 0.6 is 0 Å². The minimum atomic E-state index is 0.447. The molecule has 0 aliphatic carbocycles. The van der Waals surface area contributed by atoms with Crippen molar-refractivity contribution in [3.8, 4) is 6.07 Å². The van der Waals surface area contributed by atoms with Gasteiger partial charge in [0.1, 0.15) is 0 Å². The van der Waals surface area contributed by atoms with Crippen molar-refractivity contribution >= 4 is 0 Å². The minimum Gasteiger partial charge on any atom is -0.385 e. The van der Waals surface area contributed by atoms with E-state index in [4.69, 9.17) is 10.00 Å². The van der Waals surface area contributed by atoms with Gasteiger partial charge in [0.2, 0.25) is 0 Å². The summed E-state index contributed by atoms with van der Waals surface area (Å²) in [5.41, 5.74) is 3.29. The third-order valence-corrected chi connectivity index (χ3v) is 2.97. The molecule has 1 unspecified atom stereocenters. The Morgan fingerprint density at radius 1 is 1.44 bits per heavy atom. The van der Waals surface area contributed by atoms with Gasteiger partial charge in [0.05, 0.1) is 11.6 Å². The molecule has 16 heavy (non-hydrogen) atoms. The lowest BCUT2D eigenvalue weighted by Crippen LogP contribution is -2.04. The summed E-state index contributed by atoms with van der Waals surface area (Å²) in [4.78, 5) is 0. The van der Waals surface area contributed by atoms with E-state index in [1.807, 2.05) is 12.1 Å². The van der Waals surface area contributed by atoms with Crippen molar-refractivity contribution < 1.29 is 4.74 Å². The number of nitriles is 1. The number of ether oxygens (including phenoxy) is 1. The molecule has 0 amide bonds. The fourth-order valence-electron chi connectivity index (χ4n) is 2.02. The molecule has 0 spiro atoms. The van der Waals surface area contributed by atoms with Crippen LogP contribution in [0.25, 0.3) is 0 Å². The number of benzene rings is 1. The molecule has 0 radical (unpaired) electrons. The summed E-state index contributed by atoms with van der Waals surface area (Å²) in [6, 6.07) is 8.25. The quantitative estimate of drug-likeness (QED) is 0.758. The van der Waals surface area contributed by atoms with Gasteiger partial charge in [-0.2, -0.15) is 5.26 Å². The van der Waals surface area contributed by atoms with Crippen molar-refractivity contribution in [1.29, 1.82) is 5.26 Å². The number of nitrogens with zero attached hydrogens (tertiary/aromatic N) is 1. The highest BCUT2D eigenvalue weighted by atomic mass is 16.5. The molecule has 0 heterocycles. The summed E-state index contributed by atoms with van der Waals surface area (Å²) in [6.07, 6.45) is 1.91. The summed E-state index contributed by atoms with van der Waals surface area (Å²) >= 11 is 0. The van der Waals surface area contributed by atoms with Gasteiger partial charge in [-0.15, -0.1) is 0 Å². The molecule has 0 bridgehead atoms. The van der Waals surface area contributed by atoms with Crippen LogP contribution in [-0.4, -0.2) is 13.7 Å². The summed E-state index contributed by atoms with van der Waals surface area (Å²) in [7, 11) is 1.72. The predicted molar refractivity (Wildman–Crippen MR) is 65.4 cm³/mol. The summed E-state index contributed by atoms with van der Waals surface area (Å²) in [5.74, 6) is 0.447. The van der Waals surface area contributed by atoms with E-state index in [2.05, 4.69) is 26.0 Å². The van der Waals surface area contributed by atoms with Gasteiger partial charge < -0.3 is 4.74 Å². The molecule has 2 heteroatoms. The fraction of sp³-hybridized carbons (Fsp3) is 0.500. The maximum atomic E-state index is 9.06. The first kappa shape index (κ1) is 12.7. The fourth-order valence-corrected chi connectivity index (χ4v) is 2.02. The zero-order valence-electron chi connectivity index (χ0n) is 10.3. The van der Waals surface area contributed by atoms with E-state index in [9.17, 15) is 0 Å². The third-order valence-electron chi connectivity index (χ3n) is 2.97. The first-order chi connectivity index (χ1) is 7.74. The second-order valence-electron chi connectivity index (χ2n) is 4.02. The lowest BCUT2D eigenvalue weighted by Gasteiger charge is -2.16. The summed E-state index contributed by atoms with van der Waals surface area (Å²) < 4.78 is 5.10. The van der Waals surface area contributed by atoms with Gasteiger partial charge in [-0.25, -0.2) is 0 Å². The molecular weight excluding hydrogens is 198 g/mol. The van der Waals surface area contributed by atoms with Gasteiger partial charge in [0.25, 0.3) is 0 Å². The van der Waals surface area contributed by atoms with Crippen molar-refractivity contribution in [1.82, 2.24) is 0 Å². The SMILES string of the molecule is CCc1c(C#N)cccc1C(C)CCOC. The molecule has 0 fully saturated rings. The molecule has 0 saturated carbocycles. The molecule has 1 atom stereocenters. The minimum absolute atomic E-state index is 0.447. The van der Waals surface area contributed by atoms with E-state index in [1.54, 1.807) is 7.11 Å². The smallest absolute Gasteiger partial charge is 0.0994 e. The van der Waals surface area contributed by atoms with E-state index in [-0.39, 0.29) is 0 Å². The standard InChI is InChI=1S/C14H19NO/c1-4-13-12(10-15)6-5-7-14(13)11(2)8-9-16-3/h5-7,11H,4,8-9H2,1-3H3. The van der Waals surface area contributed by atoms with Crippen molar-refractivity contribution in [3.63, 3.8) is 0 Å². The Labute approximate surface area is 97.9 Å². The molecular formula is C14H19NO. The maximum Gasteiger partial charge on any atom is 0.0994 e. The predicted octanol–water partition coefficient (Wildman–Crippen LogP) is 3.26. The second kappa shape index (κ2) is 6.30. The monoisotopic (exact) mass is 217 g/mol. The molecule has 0 N–H and O–H groups in total. The summed E-state index contributed by atoms with van der Waals surface area (Å²) in [6.45, 7) is 5.05. The van der Waals surface area contributed by atoms with Crippen molar-refractivity contribution in [3.05, 3.63) is 34.9 Å². The van der Waals surface area contributed by atoms with E-state index >= 15 is 0 Å². The number of rotatable bonds is 5. The van der Waals surface area contributed by atoms with Crippen LogP contribution in [0.4, 0.5) is 0 Å². The normalized spacial score (nSPS) is 12.1. The Kier molecular flexibility index (Phi) is 5.01. The highest BCUT2D eigenvalue weighted by Crippen LogP contribution is 2.25. The molecule has 0 aliphatic heterocycles. The Balaban J connectivity index is 2.99. The van der Waals surface area contributed by atoms with Crippen LogP contribution in [0, 0.1) is 11.3 Å². The van der Waals surface area contributed by atoms with Crippen LogP contribution in [0.15, 0.2) is 18.2 Å².